The molecule has 1 heterocycles. The molecular weight excluding hydrogens is 260 g/mol. The fourth-order valence-electron chi connectivity index (χ4n) is 1.61. The monoisotopic (exact) mass is 276 g/mol. The van der Waals surface area contributed by atoms with E-state index in [1.54, 1.807) is 0 Å². The molecule has 0 fully saturated rings. The van der Waals surface area contributed by atoms with Crippen LogP contribution < -0.4 is 0 Å². The largest absolute Gasteiger partial charge is 0.299 e. The topological polar surface area (TPSA) is 17.1 Å². The van der Waals surface area contributed by atoms with Crippen LogP contribution in [0.15, 0.2) is 11.0 Å². The molecule has 1 unspecified atom stereocenters. The molecule has 0 saturated heterocycles. The zero-order valence-corrected chi connectivity index (χ0v) is 11.4. The van der Waals surface area contributed by atoms with E-state index < -0.39 is 0 Å². The number of rotatable bonds is 4. The van der Waals surface area contributed by atoms with Crippen molar-refractivity contribution in [3.05, 3.63) is 11.0 Å². The Morgan fingerprint density at radius 1 is 1.71 bits per heavy atom. The Hall–Kier alpha value is 0.240. The van der Waals surface area contributed by atoms with E-state index in [1.807, 2.05) is 32.5 Å². The van der Waals surface area contributed by atoms with Crippen molar-refractivity contribution >= 4 is 33.5 Å². The first-order valence-electron chi connectivity index (χ1n) is 4.99. The number of carbonyl (C=O) groups excluding carboxylic acids is 1. The van der Waals surface area contributed by atoms with Gasteiger partial charge in [-0.25, -0.2) is 0 Å². The van der Waals surface area contributed by atoms with E-state index in [0.717, 1.165) is 12.8 Å². The maximum atomic E-state index is 11.7. The van der Waals surface area contributed by atoms with E-state index >= 15 is 0 Å². The number of allylic oxidation sites excluding steroid dienone is 2. The minimum atomic E-state index is -0.190. The lowest BCUT2D eigenvalue weighted by atomic mass is 9.83. The number of thioether (sulfide) groups is 1. The number of ketones is 1. The summed E-state index contributed by atoms with van der Waals surface area (Å²) in [5.41, 5.74) is -0.190. The van der Waals surface area contributed by atoms with Crippen molar-refractivity contribution < 1.29 is 4.79 Å². The third-order valence-corrected chi connectivity index (χ3v) is 4.50. The molecule has 0 aromatic carbocycles. The van der Waals surface area contributed by atoms with E-state index in [4.69, 9.17) is 0 Å². The van der Waals surface area contributed by atoms with E-state index in [9.17, 15) is 4.79 Å². The second-order valence-corrected chi connectivity index (χ2v) is 7.31. The summed E-state index contributed by atoms with van der Waals surface area (Å²) >= 11 is 5.41. The van der Waals surface area contributed by atoms with E-state index in [1.165, 1.54) is 4.91 Å². The van der Waals surface area contributed by atoms with Gasteiger partial charge in [0, 0.05) is 11.8 Å². The summed E-state index contributed by atoms with van der Waals surface area (Å²) in [6.07, 6.45) is 4.86. The van der Waals surface area contributed by atoms with Gasteiger partial charge in [-0.1, -0.05) is 42.8 Å². The van der Waals surface area contributed by atoms with Crippen LogP contribution in [-0.2, 0) is 4.79 Å². The van der Waals surface area contributed by atoms with Crippen LogP contribution in [0, 0.1) is 5.41 Å². The van der Waals surface area contributed by atoms with Crippen LogP contribution >= 0.6 is 27.7 Å². The Morgan fingerprint density at radius 3 is 2.79 bits per heavy atom. The van der Waals surface area contributed by atoms with Gasteiger partial charge in [0.15, 0.2) is 0 Å². The minimum Gasteiger partial charge on any atom is -0.299 e. The Kier molecular flexibility index (Phi) is 4.26. The SMILES string of the molecule is CCC(=O)C(C)(C)CC1=CCC(Br)S1. The number of hydrogen-bond donors (Lipinski definition) is 0. The molecule has 0 amide bonds. The van der Waals surface area contributed by atoms with Crippen LogP contribution in [-0.4, -0.2) is 9.94 Å². The number of alkyl halides is 1. The van der Waals surface area contributed by atoms with Crippen LogP contribution in [0.1, 0.15) is 40.0 Å². The Balaban J connectivity index is 2.55. The molecule has 0 aromatic rings. The molecular formula is C11H17BrOS. The molecule has 1 aliphatic rings. The zero-order valence-electron chi connectivity index (χ0n) is 8.97. The number of halogens is 1. The van der Waals surface area contributed by atoms with Crippen LogP contribution in [0.4, 0.5) is 0 Å². The van der Waals surface area contributed by atoms with Crippen molar-refractivity contribution in [1.29, 1.82) is 0 Å². The smallest absolute Gasteiger partial charge is 0.138 e. The Bertz CT molecular complexity index is 258. The number of carbonyl (C=O) groups is 1. The molecule has 1 rings (SSSR count). The van der Waals surface area contributed by atoms with Crippen molar-refractivity contribution in [2.24, 2.45) is 5.41 Å². The van der Waals surface area contributed by atoms with Gasteiger partial charge in [0.05, 0.1) is 4.16 Å². The Labute approximate surface area is 98.8 Å². The average Bonchev–Trinajstić information content (AvgIpc) is 2.48. The van der Waals surface area contributed by atoms with Gasteiger partial charge in [0.25, 0.3) is 0 Å². The first-order valence-corrected chi connectivity index (χ1v) is 6.78. The minimum absolute atomic E-state index is 0.190. The molecule has 1 atom stereocenters. The summed E-state index contributed by atoms with van der Waals surface area (Å²) in [6, 6.07) is 0. The number of Topliss-reactive ketones (excluding diaryl/α,β-unsaturated/α-hetero) is 1. The zero-order chi connectivity index (χ0) is 10.8. The van der Waals surface area contributed by atoms with E-state index in [-0.39, 0.29) is 5.41 Å². The van der Waals surface area contributed by atoms with Crippen LogP contribution in [0.3, 0.4) is 0 Å². The molecule has 0 spiro atoms. The molecule has 0 N–H and O–H groups in total. The van der Waals surface area contributed by atoms with Gasteiger partial charge in [0.1, 0.15) is 5.78 Å². The highest BCUT2D eigenvalue weighted by Gasteiger charge is 2.29. The predicted molar refractivity (Wildman–Crippen MR) is 66.7 cm³/mol. The van der Waals surface area contributed by atoms with Gasteiger partial charge in [-0.05, 0) is 17.7 Å². The normalized spacial score (nSPS) is 22.3. The highest BCUT2D eigenvalue weighted by Crippen LogP contribution is 2.42. The first-order chi connectivity index (χ1) is 6.45. The average molecular weight is 277 g/mol. The van der Waals surface area contributed by atoms with Gasteiger partial charge in [-0.3, -0.25) is 4.79 Å². The van der Waals surface area contributed by atoms with Gasteiger partial charge in [0.2, 0.25) is 0 Å². The second-order valence-electron chi connectivity index (χ2n) is 4.27. The molecule has 3 heteroatoms. The highest BCUT2D eigenvalue weighted by atomic mass is 79.9. The molecule has 0 bridgehead atoms. The molecule has 80 valence electrons. The van der Waals surface area contributed by atoms with Gasteiger partial charge in [-0.15, -0.1) is 11.8 Å². The summed E-state index contributed by atoms with van der Waals surface area (Å²) < 4.78 is 0.519. The standard InChI is InChI=1S/C11H17BrOS/c1-4-9(13)11(2,3)7-8-5-6-10(12)14-8/h5,10H,4,6-7H2,1-3H3. The van der Waals surface area contributed by atoms with E-state index in [0.29, 0.717) is 16.4 Å². The molecule has 0 radical (unpaired) electrons. The quantitative estimate of drug-likeness (QED) is 0.719. The number of hydrogen-bond acceptors (Lipinski definition) is 2. The fourth-order valence-corrected chi connectivity index (χ4v) is 3.68. The maximum absolute atomic E-state index is 11.7. The highest BCUT2D eigenvalue weighted by molar-refractivity contribution is 9.11. The van der Waals surface area contributed by atoms with Crippen molar-refractivity contribution in [2.45, 2.75) is 44.2 Å². The van der Waals surface area contributed by atoms with Crippen LogP contribution in [0.5, 0.6) is 0 Å². The van der Waals surface area contributed by atoms with Gasteiger partial charge < -0.3 is 0 Å². The molecule has 0 aliphatic carbocycles. The fraction of sp³-hybridized carbons (Fsp3) is 0.727. The molecule has 0 aromatic heterocycles. The molecule has 1 nitrogen and oxygen atoms in total. The van der Waals surface area contributed by atoms with Crippen molar-refractivity contribution in [1.82, 2.24) is 0 Å². The van der Waals surface area contributed by atoms with Crippen molar-refractivity contribution in [3.63, 3.8) is 0 Å². The third-order valence-electron chi connectivity index (χ3n) is 2.50. The molecule has 0 saturated carbocycles. The summed E-state index contributed by atoms with van der Waals surface area (Å²) in [6.45, 7) is 6.02. The molecule has 14 heavy (non-hydrogen) atoms. The van der Waals surface area contributed by atoms with E-state index in [2.05, 4.69) is 22.0 Å². The second kappa shape index (κ2) is 4.84. The van der Waals surface area contributed by atoms with Gasteiger partial charge >= 0.3 is 0 Å². The van der Waals surface area contributed by atoms with Crippen molar-refractivity contribution in [2.75, 3.05) is 0 Å². The van der Waals surface area contributed by atoms with Crippen LogP contribution in [0.25, 0.3) is 0 Å². The molecule has 1 aliphatic heterocycles. The summed E-state index contributed by atoms with van der Waals surface area (Å²) in [5.74, 6) is 0.358. The maximum Gasteiger partial charge on any atom is 0.138 e. The van der Waals surface area contributed by atoms with Gasteiger partial charge in [-0.2, -0.15) is 0 Å². The third kappa shape index (κ3) is 3.13. The lowest BCUT2D eigenvalue weighted by Gasteiger charge is -2.22. The van der Waals surface area contributed by atoms with Crippen LogP contribution in [0.2, 0.25) is 0 Å². The Morgan fingerprint density at radius 2 is 2.36 bits per heavy atom. The summed E-state index contributed by atoms with van der Waals surface area (Å²) in [4.78, 5) is 13.0. The van der Waals surface area contributed by atoms with Crippen molar-refractivity contribution in [3.8, 4) is 0 Å². The summed E-state index contributed by atoms with van der Waals surface area (Å²) in [5, 5.41) is 0. The lowest BCUT2D eigenvalue weighted by Crippen LogP contribution is -2.23. The lowest BCUT2D eigenvalue weighted by molar-refractivity contribution is -0.126. The summed E-state index contributed by atoms with van der Waals surface area (Å²) in [7, 11) is 0. The predicted octanol–water partition coefficient (Wildman–Crippen LogP) is 4.12. The first kappa shape index (κ1) is 12.3.